The van der Waals surface area contributed by atoms with Crippen molar-refractivity contribution in [3.63, 3.8) is 0 Å². The van der Waals surface area contributed by atoms with E-state index in [2.05, 4.69) is 11.4 Å². The second kappa shape index (κ2) is 7.78. The van der Waals surface area contributed by atoms with Gasteiger partial charge in [-0.05, 0) is 37.6 Å². The van der Waals surface area contributed by atoms with E-state index in [0.717, 1.165) is 30.8 Å². The summed E-state index contributed by atoms with van der Waals surface area (Å²) in [7, 11) is 0. The Balaban J connectivity index is 1.84. The van der Waals surface area contributed by atoms with Gasteiger partial charge in [-0.1, -0.05) is 18.2 Å². The van der Waals surface area contributed by atoms with Gasteiger partial charge >= 0.3 is 0 Å². The van der Waals surface area contributed by atoms with E-state index in [1.165, 1.54) is 10.9 Å². The van der Waals surface area contributed by atoms with E-state index >= 15 is 0 Å². The molecule has 0 aliphatic carbocycles. The highest BCUT2D eigenvalue weighted by Gasteiger charge is 2.06. The average molecular weight is 288 g/mol. The van der Waals surface area contributed by atoms with Crippen LogP contribution in [0.25, 0.3) is 10.4 Å². The molecule has 0 aliphatic heterocycles. The van der Waals surface area contributed by atoms with Crippen molar-refractivity contribution in [2.24, 2.45) is 0 Å². The smallest absolute Gasteiger partial charge is 0.131 e. The molecule has 0 saturated carbocycles. The molecule has 0 spiro atoms. The number of hydrogen-bond donors (Lipinski definition) is 1. The van der Waals surface area contributed by atoms with E-state index in [9.17, 15) is 4.39 Å². The highest BCUT2D eigenvalue weighted by Crippen LogP contribution is 2.29. The van der Waals surface area contributed by atoms with Crippen molar-refractivity contribution >= 4 is 11.3 Å². The minimum Gasteiger partial charge on any atom is -0.312 e. The lowest BCUT2D eigenvalue weighted by Gasteiger charge is -2.01. The molecule has 1 aromatic heterocycles. The molecule has 1 aromatic carbocycles. The zero-order valence-electron chi connectivity index (χ0n) is 11.2. The number of thiophene rings is 1. The summed E-state index contributed by atoms with van der Waals surface area (Å²) in [5.41, 5.74) is 0.665. The summed E-state index contributed by atoms with van der Waals surface area (Å²) in [5.74, 6) is -0.176. The molecule has 0 amide bonds. The molecule has 2 aromatic rings. The normalized spacial score (nSPS) is 10.4. The third-order valence-electron chi connectivity index (χ3n) is 2.99. The third-order valence-corrected chi connectivity index (χ3v) is 4.11. The zero-order valence-corrected chi connectivity index (χ0v) is 12.0. The fraction of sp³-hybridized carbons (Fsp3) is 0.312. The maximum Gasteiger partial charge on any atom is 0.131 e. The standard InChI is InChI=1S/C16H17FN2S/c17-15-7-3-2-6-14(15)16-9-8-13(20-16)12-19-11-5-1-4-10-18/h2-3,6-9,19H,1,4-5,11-12H2. The van der Waals surface area contributed by atoms with Gasteiger partial charge in [0.25, 0.3) is 0 Å². The molecular weight excluding hydrogens is 271 g/mol. The minimum absolute atomic E-state index is 0.176. The van der Waals surface area contributed by atoms with Crippen LogP contribution in [0.2, 0.25) is 0 Å². The number of nitrogens with one attached hydrogen (secondary N) is 1. The molecule has 2 rings (SSSR count). The molecule has 0 aliphatic rings. The molecule has 0 radical (unpaired) electrons. The maximum atomic E-state index is 13.7. The number of benzene rings is 1. The molecule has 1 N–H and O–H groups in total. The molecule has 0 bridgehead atoms. The SMILES string of the molecule is N#CCCCCNCc1ccc(-c2ccccc2F)s1. The van der Waals surface area contributed by atoms with Crippen LogP contribution in [0.3, 0.4) is 0 Å². The van der Waals surface area contributed by atoms with Crippen LogP contribution in [0.4, 0.5) is 4.39 Å². The summed E-state index contributed by atoms with van der Waals surface area (Å²) >= 11 is 1.61. The van der Waals surface area contributed by atoms with E-state index in [-0.39, 0.29) is 5.82 Å². The fourth-order valence-electron chi connectivity index (χ4n) is 1.94. The lowest BCUT2D eigenvalue weighted by atomic mass is 10.2. The lowest BCUT2D eigenvalue weighted by Crippen LogP contribution is -2.13. The van der Waals surface area contributed by atoms with E-state index in [1.807, 2.05) is 18.2 Å². The molecule has 0 fully saturated rings. The summed E-state index contributed by atoms with van der Waals surface area (Å²) < 4.78 is 13.7. The van der Waals surface area contributed by atoms with Gasteiger partial charge in [0.15, 0.2) is 0 Å². The predicted octanol–water partition coefficient (Wildman–Crippen LogP) is 4.34. The fourth-order valence-corrected chi connectivity index (χ4v) is 2.95. The third kappa shape index (κ3) is 4.16. The molecule has 0 saturated heterocycles. The second-order valence-electron chi connectivity index (χ2n) is 4.54. The van der Waals surface area contributed by atoms with Gasteiger partial charge in [0.2, 0.25) is 0 Å². The largest absolute Gasteiger partial charge is 0.312 e. The van der Waals surface area contributed by atoms with Crippen molar-refractivity contribution in [2.45, 2.75) is 25.8 Å². The number of rotatable bonds is 7. The number of halogens is 1. The van der Waals surface area contributed by atoms with E-state index < -0.39 is 0 Å². The van der Waals surface area contributed by atoms with Crippen LogP contribution in [0.5, 0.6) is 0 Å². The second-order valence-corrected chi connectivity index (χ2v) is 5.71. The van der Waals surface area contributed by atoms with Crippen molar-refractivity contribution < 1.29 is 4.39 Å². The Labute approximate surface area is 122 Å². The topological polar surface area (TPSA) is 35.8 Å². The van der Waals surface area contributed by atoms with Crippen molar-refractivity contribution in [1.82, 2.24) is 5.32 Å². The van der Waals surface area contributed by atoms with Crippen LogP contribution < -0.4 is 5.32 Å². The first-order valence-electron chi connectivity index (χ1n) is 6.72. The Morgan fingerprint density at radius 1 is 1.15 bits per heavy atom. The molecule has 0 unspecified atom stereocenters. The first-order chi connectivity index (χ1) is 9.81. The molecule has 0 atom stereocenters. The Kier molecular flexibility index (Phi) is 5.72. The van der Waals surface area contributed by atoms with Gasteiger partial charge in [0, 0.05) is 28.3 Å². The van der Waals surface area contributed by atoms with Gasteiger partial charge in [-0.25, -0.2) is 4.39 Å². The maximum absolute atomic E-state index is 13.7. The van der Waals surface area contributed by atoms with E-state index in [1.54, 1.807) is 23.5 Å². The first kappa shape index (κ1) is 14.7. The van der Waals surface area contributed by atoms with Crippen LogP contribution in [-0.2, 0) is 6.54 Å². The van der Waals surface area contributed by atoms with Gasteiger partial charge in [-0.2, -0.15) is 5.26 Å². The van der Waals surface area contributed by atoms with Crippen LogP contribution in [0.15, 0.2) is 36.4 Å². The summed E-state index contributed by atoms with van der Waals surface area (Å²) in [6, 6.07) is 13.0. The quantitative estimate of drug-likeness (QED) is 0.769. The average Bonchev–Trinajstić information content (AvgIpc) is 2.92. The van der Waals surface area contributed by atoms with Gasteiger partial charge in [0.05, 0.1) is 6.07 Å². The van der Waals surface area contributed by atoms with Gasteiger partial charge < -0.3 is 5.32 Å². The van der Waals surface area contributed by atoms with Crippen LogP contribution in [0, 0.1) is 17.1 Å². The van der Waals surface area contributed by atoms with Crippen LogP contribution >= 0.6 is 11.3 Å². The summed E-state index contributed by atoms with van der Waals surface area (Å²) in [5, 5.41) is 11.8. The Morgan fingerprint density at radius 3 is 2.80 bits per heavy atom. The Bertz CT molecular complexity index is 586. The zero-order chi connectivity index (χ0) is 14.2. The predicted molar refractivity (Wildman–Crippen MR) is 80.9 cm³/mol. The van der Waals surface area contributed by atoms with Crippen molar-refractivity contribution in [3.05, 3.63) is 47.1 Å². The molecule has 1 heterocycles. The molecule has 4 heteroatoms. The van der Waals surface area contributed by atoms with Gasteiger partial charge in [-0.15, -0.1) is 11.3 Å². The highest BCUT2D eigenvalue weighted by molar-refractivity contribution is 7.15. The summed E-state index contributed by atoms with van der Waals surface area (Å²) in [6.07, 6.45) is 2.58. The molecular formula is C16H17FN2S. The Hall–Kier alpha value is -1.70. The number of hydrogen-bond acceptors (Lipinski definition) is 3. The number of unbranched alkanes of at least 4 members (excludes halogenated alkanes) is 2. The van der Waals surface area contributed by atoms with Crippen molar-refractivity contribution in [3.8, 4) is 16.5 Å². The molecule has 104 valence electrons. The van der Waals surface area contributed by atoms with E-state index in [0.29, 0.717) is 12.0 Å². The van der Waals surface area contributed by atoms with E-state index in [4.69, 9.17) is 5.26 Å². The first-order valence-corrected chi connectivity index (χ1v) is 7.54. The summed E-state index contributed by atoms with van der Waals surface area (Å²) in [4.78, 5) is 2.16. The number of nitriles is 1. The molecule has 20 heavy (non-hydrogen) atoms. The minimum atomic E-state index is -0.176. The van der Waals surface area contributed by atoms with Crippen molar-refractivity contribution in [1.29, 1.82) is 5.26 Å². The summed E-state index contributed by atoms with van der Waals surface area (Å²) in [6.45, 7) is 1.71. The lowest BCUT2D eigenvalue weighted by molar-refractivity contribution is 0.631. The van der Waals surface area contributed by atoms with Crippen molar-refractivity contribution in [2.75, 3.05) is 6.54 Å². The van der Waals surface area contributed by atoms with Gasteiger partial charge in [-0.3, -0.25) is 0 Å². The Morgan fingerprint density at radius 2 is 2.00 bits per heavy atom. The van der Waals surface area contributed by atoms with Crippen LogP contribution in [-0.4, -0.2) is 6.54 Å². The van der Waals surface area contributed by atoms with Crippen LogP contribution in [0.1, 0.15) is 24.1 Å². The molecule has 2 nitrogen and oxygen atoms in total. The number of nitrogens with zero attached hydrogens (tertiary/aromatic N) is 1. The monoisotopic (exact) mass is 288 g/mol. The highest BCUT2D eigenvalue weighted by atomic mass is 32.1. The van der Waals surface area contributed by atoms with Gasteiger partial charge in [0.1, 0.15) is 5.82 Å².